The predicted octanol–water partition coefficient (Wildman–Crippen LogP) is 12.0. The molecule has 0 N–H and O–H groups in total. The van der Waals surface area contributed by atoms with Crippen LogP contribution in [-0.2, 0) is 0 Å². The molecule has 7 aromatic carbocycles. The Kier molecular flexibility index (Phi) is 6.05. The van der Waals surface area contributed by atoms with Crippen LogP contribution >= 0.6 is 11.3 Å². The molecule has 1 aromatic heterocycles. The normalized spacial score (nSPS) is 11.3. The minimum Gasteiger partial charge on any atom is -0.310 e. The van der Waals surface area contributed by atoms with Gasteiger partial charge in [-0.2, -0.15) is 0 Å². The zero-order valence-corrected chi connectivity index (χ0v) is 23.8. The van der Waals surface area contributed by atoms with E-state index in [9.17, 15) is 0 Å². The summed E-state index contributed by atoms with van der Waals surface area (Å²) in [5, 5.41) is 5.22. The Morgan fingerprint density at radius 3 is 1.79 bits per heavy atom. The van der Waals surface area contributed by atoms with E-state index in [1.165, 1.54) is 53.2 Å². The number of nitrogens with zero attached hydrogens (tertiary/aromatic N) is 1. The molecule has 0 aliphatic carbocycles. The highest BCUT2D eigenvalue weighted by Gasteiger charge is 2.18. The van der Waals surface area contributed by atoms with Crippen molar-refractivity contribution in [1.29, 1.82) is 0 Å². The highest BCUT2D eigenvalue weighted by molar-refractivity contribution is 7.25. The second-order valence-electron chi connectivity index (χ2n) is 10.6. The van der Waals surface area contributed by atoms with Crippen LogP contribution < -0.4 is 4.90 Å². The topological polar surface area (TPSA) is 3.24 Å². The summed E-state index contributed by atoms with van der Waals surface area (Å²) in [6.45, 7) is 0. The first kappa shape index (κ1) is 24.6. The summed E-state index contributed by atoms with van der Waals surface area (Å²) in [6.07, 6.45) is 0. The monoisotopic (exact) mass is 553 g/mol. The van der Waals surface area contributed by atoms with Crippen molar-refractivity contribution in [2.75, 3.05) is 4.90 Å². The molecule has 2 heteroatoms. The molecule has 0 spiro atoms. The van der Waals surface area contributed by atoms with Gasteiger partial charge >= 0.3 is 0 Å². The van der Waals surface area contributed by atoms with Gasteiger partial charge in [-0.05, 0) is 82.1 Å². The molecule has 8 rings (SSSR count). The third-order valence-corrected chi connectivity index (χ3v) is 9.17. The van der Waals surface area contributed by atoms with E-state index >= 15 is 0 Å². The lowest BCUT2D eigenvalue weighted by Crippen LogP contribution is -2.11. The van der Waals surface area contributed by atoms with Gasteiger partial charge in [-0.15, -0.1) is 11.3 Å². The summed E-state index contributed by atoms with van der Waals surface area (Å²) in [6, 6.07) is 59.1. The van der Waals surface area contributed by atoms with E-state index in [1.54, 1.807) is 0 Å². The zero-order chi connectivity index (χ0) is 27.9. The number of thiophene rings is 1. The third kappa shape index (κ3) is 4.25. The minimum atomic E-state index is 1.13. The number of fused-ring (bicyclic) bond motifs is 4. The SMILES string of the molecule is c1ccc(-c2cc(-c3cccc4cc5c(cc34)sc3ccccc35)ccc2N(c2ccccc2)c2ccccc2)cc1. The van der Waals surface area contributed by atoms with Gasteiger partial charge in [0.15, 0.2) is 0 Å². The van der Waals surface area contributed by atoms with E-state index in [1.807, 2.05) is 11.3 Å². The fraction of sp³-hybridized carbons (Fsp3) is 0. The Bertz CT molecular complexity index is 2140. The van der Waals surface area contributed by atoms with Gasteiger partial charge in [0.25, 0.3) is 0 Å². The maximum atomic E-state index is 2.39. The molecule has 0 bridgehead atoms. The molecule has 0 unspecified atom stereocenters. The lowest BCUT2D eigenvalue weighted by atomic mass is 9.93. The largest absolute Gasteiger partial charge is 0.310 e. The van der Waals surface area contributed by atoms with Crippen molar-refractivity contribution in [2.45, 2.75) is 0 Å². The summed E-state index contributed by atoms with van der Waals surface area (Å²) in [5.41, 5.74) is 8.26. The maximum Gasteiger partial charge on any atom is 0.0540 e. The van der Waals surface area contributed by atoms with Crippen LogP contribution in [0.1, 0.15) is 0 Å². The smallest absolute Gasteiger partial charge is 0.0540 e. The van der Waals surface area contributed by atoms with Crippen molar-refractivity contribution >= 4 is 59.3 Å². The number of rotatable bonds is 5. The quantitative estimate of drug-likeness (QED) is 0.205. The Balaban J connectivity index is 1.36. The van der Waals surface area contributed by atoms with E-state index < -0.39 is 0 Å². The van der Waals surface area contributed by atoms with Crippen LogP contribution in [0, 0.1) is 0 Å². The summed E-state index contributed by atoms with van der Waals surface area (Å²) >= 11 is 1.88. The lowest BCUT2D eigenvalue weighted by Gasteiger charge is -2.28. The van der Waals surface area contributed by atoms with Gasteiger partial charge in [0.05, 0.1) is 5.69 Å². The van der Waals surface area contributed by atoms with E-state index in [-0.39, 0.29) is 0 Å². The van der Waals surface area contributed by atoms with Gasteiger partial charge in [-0.3, -0.25) is 0 Å². The minimum absolute atomic E-state index is 1.13. The maximum absolute atomic E-state index is 2.39. The molecular formula is C40H27NS. The summed E-state index contributed by atoms with van der Waals surface area (Å²) in [4.78, 5) is 2.36. The van der Waals surface area contributed by atoms with Crippen molar-refractivity contribution in [3.63, 3.8) is 0 Å². The number of anilines is 3. The van der Waals surface area contributed by atoms with Crippen molar-refractivity contribution in [3.05, 3.63) is 164 Å². The molecule has 1 heterocycles. The van der Waals surface area contributed by atoms with Crippen LogP contribution in [-0.4, -0.2) is 0 Å². The van der Waals surface area contributed by atoms with Crippen LogP contribution in [0.3, 0.4) is 0 Å². The highest BCUT2D eigenvalue weighted by atomic mass is 32.1. The third-order valence-electron chi connectivity index (χ3n) is 8.04. The fourth-order valence-electron chi connectivity index (χ4n) is 6.08. The van der Waals surface area contributed by atoms with Crippen LogP contribution in [0.25, 0.3) is 53.2 Å². The van der Waals surface area contributed by atoms with E-state index in [2.05, 4.69) is 169 Å². The van der Waals surface area contributed by atoms with Crippen LogP contribution in [0.4, 0.5) is 17.1 Å². The number of para-hydroxylation sites is 2. The molecule has 1 nitrogen and oxygen atoms in total. The van der Waals surface area contributed by atoms with Gasteiger partial charge in [0.1, 0.15) is 0 Å². The summed E-state index contributed by atoms with van der Waals surface area (Å²) in [7, 11) is 0. The van der Waals surface area contributed by atoms with Crippen LogP contribution in [0.2, 0.25) is 0 Å². The van der Waals surface area contributed by atoms with Gasteiger partial charge in [-0.25, -0.2) is 0 Å². The van der Waals surface area contributed by atoms with E-state index in [0.29, 0.717) is 0 Å². The molecule has 8 aromatic rings. The van der Waals surface area contributed by atoms with Crippen LogP contribution in [0.15, 0.2) is 164 Å². The zero-order valence-electron chi connectivity index (χ0n) is 22.9. The standard InChI is InChI=1S/C40H27NS/c1-4-13-28(14-5-1)36-25-30(23-24-38(36)41(31-16-6-2-7-17-31)32-18-8-3-9-19-32)33-21-12-15-29-26-37-34-20-10-11-22-39(34)42-40(37)27-35(29)33/h1-27H. The Labute approximate surface area is 249 Å². The van der Waals surface area contributed by atoms with Crippen LogP contribution in [0.5, 0.6) is 0 Å². The first-order valence-electron chi connectivity index (χ1n) is 14.3. The van der Waals surface area contributed by atoms with Gasteiger partial charge in [-0.1, -0.05) is 109 Å². The summed E-state index contributed by atoms with van der Waals surface area (Å²) < 4.78 is 2.66. The average Bonchev–Trinajstić information content (AvgIpc) is 3.42. The predicted molar refractivity (Wildman–Crippen MR) is 182 cm³/mol. The highest BCUT2D eigenvalue weighted by Crippen LogP contribution is 2.44. The molecule has 42 heavy (non-hydrogen) atoms. The van der Waals surface area contributed by atoms with Gasteiger partial charge in [0.2, 0.25) is 0 Å². The molecule has 0 aliphatic heterocycles. The van der Waals surface area contributed by atoms with Gasteiger partial charge < -0.3 is 4.90 Å². The average molecular weight is 554 g/mol. The van der Waals surface area contributed by atoms with Crippen molar-refractivity contribution in [2.24, 2.45) is 0 Å². The van der Waals surface area contributed by atoms with Crippen molar-refractivity contribution in [1.82, 2.24) is 0 Å². The Morgan fingerprint density at radius 2 is 1.05 bits per heavy atom. The van der Waals surface area contributed by atoms with E-state index in [4.69, 9.17) is 0 Å². The number of benzene rings is 7. The lowest BCUT2D eigenvalue weighted by molar-refractivity contribution is 1.28. The molecule has 0 fully saturated rings. The molecule has 0 amide bonds. The van der Waals surface area contributed by atoms with Crippen molar-refractivity contribution < 1.29 is 0 Å². The molecule has 0 radical (unpaired) electrons. The number of hydrogen-bond donors (Lipinski definition) is 0. The molecule has 0 aliphatic rings. The first-order valence-corrected chi connectivity index (χ1v) is 15.1. The molecular weight excluding hydrogens is 527 g/mol. The van der Waals surface area contributed by atoms with Gasteiger partial charge in [0, 0.05) is 37.1 Å². The second kappa shape index (κ2) is 10.3. The number of hydrogen-bond acceptors (Lipinski definition) is 2. The Morgan fingerprint density at radius 1 is 0.381 bits per heavy atom. The molecule has 198 valence electrons. The van der Waals surface area contributed by atoms with E-state index in [0.717, 1.165) is 17.1 Å². The second-order valence-corrected chi connectivity index (χ2v) is 11.7. The molecule has 0 saturated carbocycles. The molecule has 0 saturated heterocycles. The Hall–Kier alpha value is -5.18. The van der Waals surface area contributed by atoms with Crippen molar-refractivity contribution in [3.8, 4) is 22.3 Å². The fourth-order valence-corrected chi connectivity index (χ4v) is 7.20. The molecule has 0 atom stereocenters. The first-order chi connectivity index (χ1) is 20.8. The summed E-state index contributed by atoms with van der Waals surface area (Å²) in [5.74, 6) is 0.